The number of carbonyl (C=O) groups is 1. The minimum atomic E-state index is 0.0918. The van der Waals surface area contributed by atoms with Crippen molar-refractivity contribution < 1.29 is 9.53 Å². The molecule has 0 aromatic heterocycles. The second kappa shape index (κ2) is 6.87. The first-order valence-electron chi connectivity index (χ1n) is 5.27. The van der Waals surface area contributed by atoms with Crippen molar-refractivity contribution in [3.05, 3.63) is 30.3 Å². The van der Waals surface area contributed by atoms with Gasteiger partial charge in [0.1, 0.15) is 12.4 Å². The van der Waals surface area contributed by atoms with Crippen LogP contribution < -0.4 is 10.1 Å². The van der Waals surface area contributed by atoms with Crippen LogP contribution in [0, 0.1) is 0 Å². The van der Waals surface area contributed by atoms with Crippen molar-refractivity contribution in [3.63, 3.8) is 0 Å². The second-order valence-electron chi connectivity index (χ2n) is 3.26. The number of hydrogen-bond donors (Lipinski definition) is 1. The molecule has 3 heteroatoms. The normalized spacial score (nSPS) is 9.67. The highest BCUT2D eigenvalue weighted by Gasteiger charge is 1.97. The SMILES string of the molecule is CCCC(=O)NCCOc1ccccc1. The first-order chi connectivity index (χ1) is 7.33. The van der Waals surface area contributed by atoms with Gasteiger partial charge in [-0.25, -0.2) is 0 Å². The van der Waals surface area contributed by atoms with E-state index in [9.17, 15) is 4.79 Å². The highest BCUT2D eigenvalue weighted by molar-refractivity contribution is 5.75. The van der Waals surface area contributed by atoms with Gasteiger partial charge in [-0.15, -0.1) is 0 Å². The first-order valence-corrected chi connectivity index (χ1v) is 5.27. The van der Waals surface area contributed by atoms with Crippen LogP contribution in [-0.4, -0.2) is 19.1 Å². The third kappa shape index (κ3) is 5.05. The Hall–Kier alpha value is -1.51. The lowest BCUT2D eigenvalue weighted by Gasteiger charge is -2.06. The summed E-state index contributed by atoms with van der Waals surface area (Å²) in [5.41, 5.74) is 0. The molecule has 0 unspecified atom stereocenters. The van der Waals surface area contributed by atoms with E-state index in [1.165, 1.54) is 0 Å². The molecule has 0 spiro atoms. The van der Waals surface area contributed by atoms with Gasteiger partial charge < -0.3 is 10.1 Å². The van der Waals surface area contributed by atoms with Crippen molar-refractivity contribution in [3.8, 4) is 5.75 Å². The van der Waals surface area contributed by atoms with Gasteiger partial charge in [0.25, 0.3) is 0 Å². The number of amides is 1. The Morgan fingerprint density at radius 1 is 1.33 bits per heavy atom. The zero-order valence-corrected chi connectivity index (χ0v) is 9.03. The second-order valence-corrected chi connectivity index (χ2v) is 3.26. The lowest BCUT2D eigenvalue weighted by Crippen LogP contribution is -2.27. The third-order valence-corrected chi connectivity index (χ3v) is 1.91. The van der Waals surface area contributed by atoms with Crippen LogP contribution in [0.5, 0.6) is 5.75 Å². The van der Waals surface area contributed by atoms with E-state index in [-0.39, 0.29) is 5.91 Å². The molecule has 1 aromatic carbocycles. The molecule has 0 heterocycles. The van der Waals surface area contributed by atoms with Crippen molar-refractivity contribution in [2.45, 2.75) is 19.8 Å². The van der Waals surface area contributed by atoms with E-state index in [0.29, 0.717) is 19.6 Å². The maximum atomic E-state index is 11.1. The average molecular weight is 207 g/mol. The highest BCUT2D eigenvalue weighted by Crippen LogP contribution is 2.07. The van der Waals surface area contributed by atoms with E-state index in [1.807, 2.05) is 37.3 Å². The van der Waals surface area contributed by atoms with E-state index in [2.05, 4.69) is 5.32 Å². The van der Waals surface area contributed by atoms with Crippen LogP contribution in [-0.2, 0) is 4.79 Å². The molecule has 1 amide bonds. The third-order valence-electron chi connectivity index (χ3n) is 1.91. The van der Waals surface area contributed by atoms with Crippen molar-refractivity contribution in [1.82, 2.24) is 5.32 Å². The Morgan fingerprint density at radius 3 is 2.73 bits per heavy atom. The summed E-state index contributed by atoms with van der Waals surface area (Å²) in [5.74, 6) is 0.927. The van der Waals surface area contributed by atoms with Crippen LogP contribution in [0.3, 0.4) is 0 Å². The van der Waals surface area contributed by atoms with Gasteiger partial charge in [0, 0.05) is 6.42 Å². The van der Waals surface area contributed by atoms with Crippen LogP contribution in [0.4, 0.5) is 0 Å². The van der Waals surface area contributed by atoms with Gasteiger partial charge in [0.05, 0.1) is 6.54 Å². The number of rotatable bonds is 6. The molecule has 0 aliphatic heterocycles. The predicted octanol–water partition coefficient (Wildman–Crippen LogP) is 1.98. The molecular formula is C12H17NO2. The highest BCUT2D eigenvalue weighted by atomic mass is 16.5. The molecule has 0 bridgehead atoms. The van der Waals surface area contributed by atoms with E-state index in [1.54, 1.807) is 0 Å². The zero-order valence-electron chi connectivity index (χ0n) is 9.03. The molecule has 1 N–H and O–H groups in total. The number of hydrogen-bond acceptors (Lipinski definition) is 2. The summed E-state index contributed by atoms with van der Waals surface area (Å²) in [4.78, 5) is 11.1. The summed E-state index contributed by atoms with van der Waals surface area (Å²) in [7, 11) is 0. The van der Waals surface area contributed by atoms with Gasteiger partial charge in [-0.05, 0) is 18.6 Å². The molecule has 0 radical (unpaired) electrons. The molecular weight excluding hydrogens is 190 g/mol. The average Bonchev–Trinajstić information content (AvgIpc) is 2.26. The maximum Gasteiger partial charge on any atom is 0.220 e. The van der Waals surface area contributed by atoms with Crippen LogP contribution in [0.2, 0.25) is 0 Å². The fourth-order valence-electron chi connectivity index (χ4n) is 1.19. The molecule has 0 aliphatic rings. The summed E-state index contributed by atoms with van der Waals surface area (Å²) in [5, 5.41) is 2.79. The Bertz CT molecular complexity index is 285. The maximum absolute atomic E-state index is 11.1. The number of benzene rings is 1. The Balaban J connectivity index is 2.10. The molecule has 0 saturated carbocycles. The van der Waals surface area contributed by atoms with Crippen LogP contribution in [0.1, 0.15) is 19.8 Å². The van der Waals surface area contributed by atoms with Gasteiger partial charge in [0.15, 0.2) is 0 Å². The van der Waals surface area contributed by atoms with Crippen molar-refractivity contribution in [1.29, 1.82) is 0 Å². The van der Waals surface area contributed by atoms with E-state index >= 15 is 0 Å². The van der Waals surface area contributed by atoms with Crippen LogP contribution >= 0.6 is 0 Å². The van der Waals surface area contributed by atoms with Crippen molar-refractivity contribution in [2.75, 3.05) is 13.2 Å². The fourth-order valence-corrected chi connectivity index (χ4v) is 1.19. The number of ether oxygens (including phenoxy) is 1. The summed E-state index contributed by atoms with van der Waals surface area (Å²) in [6.07, 6.45) is 1.47. The molecule has 0 aliphatic carbocycles. The summed E-state index contributed by atoms with van der Waals surface area (Å²) in [6.45, 7) is 3.06. The minimum absolute atomic E-state index is 0.0918. The monoisotopic (exact) mass is 207 g/mol. The molecule has 15 heavy (non-hydrogen) atoms. The minimum Gasteiger partial charge on any atom is -0.492 e. The van der Waals surface area contributed by atoms with Gasteiger partial charge in [-0.2, -0.15) is 0 Å². The van der Waals surface area contributed by atoms with Crippen LogP contribution in [0.15, 0.2) is 30.3 Å². The Kier molecular flexibility index (Phi) is 5.30. The summed E-state index contributed by atoms with van der Waals surface area (Å²) < 4.78 is 5.42. The zero-order chi connectivity index (χ0) is 10.9. The molecule has 0 saturated heterocycles. The lowest BCUT2D eigenvalue weighted by molar-refractivity contribution is -0.121. The largest absolute Gasteiger partial charge is 0.492 e. The summed E-state index contributed by atoms with van der Waals surface area (Å²) in [6, 6.07) is 9.58. The molecule has 0 fully saturated rings. The number of nitrogens with one attached hydrogen (secondary N) is 1. The first kappa shape index (κ1) is 11.6. The quantitative estimate of drug-likeness (QED) is 0.724. The van der Waals surface area contributed by atoms with Gasteiger partial charge >= 0.3 is 0 Å². The van der Waals surface area contributed by atoms with Gasteiger partial charge in [-0.3, -0.25) is 4.79 Å². The topological polar surface area (TPSA) is 38.3 Å². The number of para-hydroxylation sites is 1. The predicted molar refractivity (Wildman–Crippen MR) is 59.9 cm³/mol. The van der Waals surface area contributed by atoms with Gasteiger partial charge in [-0.1, -0.05) is 25.1 Å². The standard InChI is InChI=1S/C12H17NO2/c1-2-6-12(14)13-9-10-15-11-7-4-3-5-8-11/h3-5,7-8H,2,6,9-10H2,1H3,(H,13,14). The molecule has 1 rings (SSSR count). The van der Waals surface area contributed by atoms with E-state index in [0.717, 1.165) is 12.2 Å². The number of carbonyl (C=O) groups excluding carboxylic acids is 1. The van der Waals surface area contributed by atoms with Crippen LogP contribution in [0.25, 0.3) is 0 Å². The molecule has 82 valence electrons. The molecule has 3 nitrogen and oxygen atoms in total. The van der Waals surface area contributed by atoms with Crippen molar-refractivity contribution >= 4 is 5.91 Å². The van der Waals surface area contributed by atoms with E-state index in [4.69, 9.17) is 4.74 Å². The Morgan fingerprint density at radius 2 is 2.07 bits per heavy atom. The summed E-state index contributed by atoms with van der Waals surface area (Å²) >= 11 is 0. The molecule has 1 aromatic rings. The fraction of sp³-hybridized carbons (Fsp3) is 0.417. The Labute approximate surface area is 90.4 Å². The molecule has 0 atom stereocenters. The van der Waals surface area contributed by atoms with Crippen molar-refractivity contribution in [2.24, 2.45) is 0 Å². The van der Waals surface area contributed by atoms with Gasteiger partial charge in [0.2, 0.25) is 5.91 Å². The van der Waals surface area contributed by atoms with E-state index < -0.39 is 0 Å². The smallest absolute Gasteiger partial charge is 0.220 e. The lowest BCUT2D eigenvalue weighted by atomic mass is 10.3.